The van der Waals surface area contributed by atoms with Gasteiger partial charge in [0.15, 0.2) is 0 Å². The van der Waals surface area contributed by atoms with Crippen LogP contribution in [-0.2, 0) is 0 Å². The van der Waals surface area contributed by atoms with Crippen molar-refractivity contribution in [1.29, 1.82) is 0 Å². The van der Waals surface area contributed by atoms with Gasteiger partial charge in [-0.3, -0.25) is 0 Å². The molecule has 0 bridgehead atoms. The monoisotopic (exact) mass is 182 g/mol. The summed E-state index contributed by atoms with van der Waals surface area (Å²) in [6, 6.07) is 0. The van der Waals surface area contributed by atoms with E-state index in [-0.39, 0.29) is 5.54 Å². The van der Waals surface area contributed by atoms with E-state index in [1.807, 2.05) is 6.92 Å². The van der Waals surface area contributed by atoms with E-state index in [1.54, 1.807) is 0 Å². The van der Waals surface area contributed by atoms with Gasteiger partial charge in [0.05, 0.1) is 0 Å². The topological polar surface area (TPSA) is 24.1 Å². The maximum atomic E-state index is 3.41. The van der Waals surface area contributed by atoms with Crippen molar-refractivity contribution in [1.82, 2.24) is 10.6 Å². The van der Waals surface area contributed by atoms with Crippen LogP contribution in [0.4, 0.5) is 0 Å². The van der Waals surface area contributed by atoms with Crippen molar-refractivity contribution in [3.63, 3.8) is 0 Å². The SMILES string of the molecule is CC#CCCNCCNC(C)(C)C. The van der Waals surface area contributed by atoms with Crippen LogP contribution in [0.15, 0.2) is 0 Å². The first-order valence-corrected chi connectivity index (χ1v) is 4.91. The number of hydrogen-bond donors (Lipinski definition) is 2. The van der Waals surface area contributed by atoms with Gasteiger partial charge in [0, 0.05) is 31.6 Å². The minimum absolute atomic E-state index is 0.227. The van der Waals surface area contributed by atoms with Crippen LogP contribution in [0.5, 0.6) is 0 Å². The largest absolute Gasteiger partial charge is 0.315 e. The number of nitrogens with one attached hydrogen (secondary N) is 2. The molecule has 0 aliphatic rings. The Kier molecular flexibility index (Phi) is 6.66. The summed E-state index contributed by atoms with van der Waals surface area (Å²) in [5, 5.41) is 6.74. The highest BCUT2D eigenvalue weighted by molar-refractivity contribution is 4.95. The molecular weight excluding hydrogens is 160 g/mol. The molecule has 0 heterocycles. The van der Waals surface area contributed by atoms with Crippen LogP contribution in [0.25, 0.3) is 0 Å². The van der Waals surface area contributed by atoms with Crippen molar-refractivity contribution >= 4 is 0 Å². The Morgan fingerprint density at radius 2 is 1.77 bits per heavy atom. The van der Waals surface area contributed by atoms with E-state index in [2.05, 4.69) is 43.2 Å². The predicted molar refractivity (Wildman–Crippen MR) is 58.7 cm³/mol. The van der Waals surface area contributed by atoms with Gasteiger partial charge in [-0.1, -0.05) is 0 Å². The van der Waals surface area contributed by atoms with E-state index in [0.717, 1.165) is 26.1 Å². The molecular formula is C11H22N2. The summed E-state index contributed by atoms with van der Waals surface area (Å²) in [4.78, 5) is 0. The second-order valence-electron chi connectivity index (χ2n) is 4.10. The highest BCUT2D eigenvalue weighted by Crippen LogP contribution is 1.96. The molecule has 0 saturated carbocycles. The molecule has 0 aromatic rings. The molecule has 2 heteroatoms. The Morgan fingerprint density at radius 1 is 1.08 bits per heavy atom. The maximum absolute atomic E-state index is 3.41. The van der Waals surface area contributed by atoms with Crippen molar-refractivity contribution in [2.24, 2.45) is 0 Å². The average Bonchev–Trinajstić information content (AvgIpc) is 2.01. The van der Waals surface area contributed by atoms with Gasteiger partial charge in [-0.2, -0.15) is 0 Å². The highest BCUT2D eigenvalue weighted by atomic mass is 15.0. The molecule has 0 saturated heterocycles. The van der Waals surface area contributed by atoms with Gasteiger partial charge in [0.25, 0.3) is 0 Å². The van der Waals surface area contributed by atoms with Crippen molar-refractivity contribution in [2.75, 3.05) is 19.6 Å². The molecule has 0 aromatic heterocycles. The van der Waals surface area contributed by atoms with Crippen LogP contribution < -0.4 is 10.6 Å². The van der Waals surface area contributed by atoms with E-state index in [0.29, 0.717) is 0 Å². The Bertz CT molecular complexity index is 169. The van der Waals surface area contributed by atoms with Crippen LogP contribution in [0.2, 0.25) is 0 Å². The molecule has 0 rings (SSSR count). The number of hydrogen-bond acceptors (Lipinski definition) is 2. The molecule has 0 aliphatic carbocycles. The fraction of sp³-hybridized carbons (Fsp3) is 0.818. The molecule has 76 valence electrons. The maximum Gasteiger partial charge on any atom is 0.0214 e. The van der Waals surface area contributed by atoms with Gasteiger partial charge in [0.1, 0.15) is 0 Å². The Morgan fingerprint density at radius 3 is 2.31 bits per heavy atom. The molecule has 0 atom stereocenters. The molecule has 0 fully saturated rings. The van der Waals surface area contributed by atoms with E-state index in [4.69, 9.17) is 0 Å². The molecule has 0 aliphatic heterocycles. The normalized spacial score (nSPS) is 10.8. The van der Waals surface area contributed by atoms with Gasteiger partial charge >= 0.3 is 0 Å². The van der Waals surface area contributed by atoms with Crippen LogP contribution in [0, 0.1) is 11.8 Å². The van der Waals surface area contributed by atoms with Crippen molar-refractivity contribution < 1.29 is 0 Å². The minimum atomic E-state index is 0.227. The van der Waals surface area contributed by atoms with Crippen molar-refractivity contribution in [3.05, 3.63) is 0 Å². The third kappa shape index (κ3) is 11.5. The summed E-state index contributed by atoms with van der Waals surface area (Å²) in [6.07, 6.45) is 0.950. The van der Waals surface area contributed by atoms with Crippen LogP contribution >= 0.6 is 0 Å². The van der Waals surface area contributed by atoms with E-state index < -0.39 is 0 Å². The lowest BCUT2D eigenvalue weighted by Gasteiger charge is -2.20. The molecule has 0 spiro atoms. The fourth-order valence-corrected chi connectivity index (χ4v) is 0.927. The second-order valence-corrected chi connectivity index (χ2v) is 4.10. The number of rotatable bonds is 5. The summed E-state index contributed by atoms with van der Waals surface area (Å²) < 4.78 is 0. The summed E-state index contributed by atoms with van der Waals surface area (Å²) in [5.74, 6) is 5.90. The van der Waals surface area contributed by atoms with E-state index in [1.165, 1.54) is 0 Å². The Hall–Kier alpha value is -0.520. The first kappa shape index (κ1) is 12.5. The first-order chi connectivity index (χ1) is 6.06. The van der Waals surface area contributed by atoms with Crippen LogP contribution in [0.3, 0.4) is 0 Å². The Balaban J connectivity index is 3.12. The molecule has 0 radical (unpaired) electrons. The van der Waals surface area contributed by atoms with Gasteiger partial charge < -0.3 is 10.6 Å². The minimum Gasteiger partial charge on any atom is -0.315 e. The zero-order chi connectivity index (χ0) is 10.2. The molecule has 0 unspecified atom stereocenters. The lowest BCUT2D eigenvalue weighted by Crippen LogP contribution is -2.40. The average molecular weight is 182 g/mol. The van der Waals surface area contributed by atoms with Crippen molar-refractivity contribution in [2.45, 2.75) is 39.7 Å². The molecule has 0 amide bonds. The van der Waals surface area contributed by atoms with Gasteiger partial charge in [-0.25, -0.2) is 0 Å². The third-order valence-electron chi connectivity index (χ3n) is 1.56. The molecule has 2 N–H and O–H groups in total. The smallest absolute Gasteiger partial charge is 0.0214 e. The zero-order valence-corrected chi connectivity index (χ0v) is 9.33. The summed E-state index contributed by atoms with van der Waals surface area (Å²) in [6.45, 7) is 11.4. The van der Waals surface area contributed by atoms with Crippen molar-refractivity contribution in [3.8, 4) is 11.8 Å². The predicted octanol–water partition coefficient (Wildman–Crippen LogP) is 1.38. The third-order valence-corrected chi connectivity index (χ3v) is 1.56. The van der Waals surface area contributed by atoms with Crippen LogP contribution in [-0.4, -0.2) is 25.2 Å². The second kappa shape index (κ2) is 6.94. The summed E-state index contributed by atoms with van der Waals surface area (Å²) in [5.41, 5.74) is 0.227. The lowest BCUT2D eigenvalue weighted by molar-refractivity contribution is 0.422. The summed E-state index contributed by atoms with van der Waals surface area (Å²) >= 11 is 0. The lowest BCUT2D eigenvalue weighted by atomic mass is 10.1. The highest BCUT2D eigenvalue weighted by Gasteiger charge is 2.06. The summed E-state index contributed by atoms with van der Waals surface area (Å²) in [7, 11) is 0. The van der Waals surface area contributed by atoms with E-state index in [9.17, 15) is 0 Å². The molecule has 13 heavy (non-hydrogen) atoms. The van der Waals surface area contributed by atoms with Gasteiger partial charge in [-0.15, -0.1) is 11.8 Å². The first-order valence-electron chi connectivity index (χ1n) is 4.91. The fourth-order valence-electron chi connectivity index (χ4n) is 0.927. The van der Waals surface area contributed by atoms with Crippen LogP contribution in [0.1, 0.15) is 34.1 Å². The zero-order valence-electron chi connectivity index (χ0n) is 9.33. The molecule has 2 nitrogen and oxygen atoms in total. The Labute approximate surface area is 82.5 Å². The molecule has 0 aromatic carbocycles. The van der Waals surface area contributed by atoms with Gasteiger partial charge in [0.2, 0.25) is 0 Å². The van der Waals surface area contributed by atoms with E-state index >= 15 is 0 Å². The van der Waals surface area contributed by atoms with Gasteiger partial charge in [-0.05, 0) is 27.7 Å². The standard InChI is InChI=1S/C11H22N2/c1-5-6-7-8-12-9-10-13-11(2,3)4/h12-13H,7-10H2,1-4H3. The quantitative estimate of drug-likeness (QED) is 0.496.